The Morgan fingerprint density at radius 1 is 1.35 bits per heavy atom. The Balaban J connectivity index is 0.00000144. The highest BCUT2D eigenvalue weighted by molar-refractivity contribution is 6.30. The molecule has 0 atom stereocenters. The van der Waals surface area contributed by atoms with Gasteiger partial charge in [-0.3, -0.25) is 0 Å². The molecular formula is C11H15Cl2N3O. The van der Waals surface area contributed by atoms with E-state index in [1.807, 2.05) is 12.1 Å². The molecule has 1 aliphatic rings. The summed E-state index contributed by atoms with van der Waals surface area (Å²) in [5.41, 5.74) is 0.732. The third-order valence-electron chi connectivity index (χ3n) is 2.48. The molecule has 4 nitrogen and oxygen atoms in total. The van der Waals surface area contributed by atoms with Crippen molar-refractivity contribution in [3.05, 3.63) is 29.3 Å². The maximum atomic E-state index is 11.8. The van der Waals surface area contributed by atoms with E-state index in [0.717, 1.165) is 31.9 Å². The van der Waals surface area contributed by atoms with Crippen LogP contribution in [0.25, 0.3) is 0 Å². The summed E-state index contributed by atoms with van der Waals surface area (Å²) in [5, 5.41) is 6.65. The highest BCUT2D eigenvalue weighted by atomic mass is 35.5. The predicted molar refractivity (Wildman–Crippen MR) is 72.2 cm³/mol. The first kappa shape index (κ1) is 14.1. The third-order valence-corrected chi connectivity index (χ3v) is 2.72. The number of carbonyl (C=O) groups is 1. The van der Waals surface area contributed by atoms with Crippen molar-refractivity contribution in [2.75, 3.05) is 31.5 Å². The zero-order valence-electron chi connectivity index (χ0n) is 9.28. The first-order valence-corrected chi connectivity index (χ1v) is 5.66. The van der Waals surface area contributed by atoms with Gasteiger partial charge in [0.15, 0.2) is 0 Å². The number of halogens is 2. The van der Waals surface area contributed by atoms with Gasteiger partial charge in [-0.15, -0.1) is 12.4 Å². The van der Waals surface area contributed by atoms with Crippen molar-refractivity contribution in [2.45, 2.75) is 0 Å². The average molecular weight is 276 g/mol. The van der Waals surface area contributed by atoms with Crippen molar-refractivity contribution in [3.63, 3.8) is 0 Å². The van der Waals surface area contributed by atoms with E-state index in [4.69, 9.17) is 11.6 Å². The number of amides is 2. The molecule has 0 saturated carbocycles. The van der Waals surface area contributed by atoms with Crippen LogP contribution in [0, 0.1) is 0 Å². The molecule has 2 rings (SSSR count). The summed E-state index contributed by atoms with van der Waals surface area (Å²) in [4.78, 5) is 13.6. The Kier molecular flexibility index (Phi) is 5.55. The van der Waals surface area contributed by atoms with Gasteiger partial charge in [0.2, 0.25) is 0 Å². The first-order valence-electron chi connectivity index (χ1n) is 5.28. The molecule has 0 aromatic heterocycles. The van der Waals surface area contributed by atoms with Crippen LogP contribution >= 0.6 is 24.0 Å². The number of nitrogens with zero attached hydrogens (tertiary/aromatic N) is 1. The molecule has 17 heavy (non-hydrogen) atoms. The first-order chi connectivity index (χ1) is 7.75. The third kappa shape index (κ3) is 4.07. The largest absolute Gasteiger partial charge is 0.322 e. The maximum Gasteiger partial charge on any atom is 0.321 e. The van der Waals surface area contributed by atoms with Crippen LogP contribution in [-0.4, -0.2) is 37.1 Å². The Labute approximate surface area is 112 Å². The van der Waals surface area contributed by atoms with Crippen LogP contribution in [0.4, 0.5) is 10.5 Å². The van der Waals surface area contributed by atoms with Crippen molar-refractivity contribution in [2.24, 2.45) is 0 Å². The molecule has 0 radical (unpaired) electrons. The van der Waals surface area contributed by atoms with Gasteiger partial charge in [-0.25, -0.2) is 4.79 Å². The second-order valence-electron chi connectivity index (χ2n) is 3.68. The molecule has 0 aliphatic carbocycles. The van der Waals surface area contributed by atoms with Crippen LogP contribution in [0.15, 0.2) is 24.3 Å². The number of nitrogens with one attached hydrogen (secondary N) is 2. The fourth-order valence-electron chi connectivity index (χ4n) is 1.64. The minimum absolute atomic E-state index is 0. The molecule has 1 aromatic rings. The standard InChI is InChI=1S/C11H14ClN3O.ClH/c12-9-2-1-3-10(8-9)14-11(16)15-6-4-13-5-7-15;/h1-3,8,13H,4-7H2,(H,14,16);1H. The van der Waals surface area contributed by atoms with Crippen molar-refractivity contribution in [3.8, 4) is 0 Å². The van der Waals surface area contributed by atoms with Crippen LogP contribution in [-0.2, 0) is 0 Å². The molecule has 1 fully saturated rings. The summed E-state index contributed by atoms with van der Waals surface area (Å²) < 4.78 is 0. The van der Waals surface area contributed by atoms with Gasteiger partial charge >= 0.3 is 6.03 Å². The normalized spacial score (nSPS) is 15.0. The van der Waals surface area contributed by atoms with E-state index in [9.17, 15) is 4.79 Å². The highest BCUT2D eigenvalue weighted by Crippen LogP contribution is 2.15. The minimum Gasteiger partial charge on any atom is -0.322 e. The summed E-state index contributed by atoms with van der Waals surface area (Å²) in [6.45, 7) is 3.19. The second kappa shape index (κ2) is 6.69. The molecule has 6 heteroatoms. The monoisotopic (exact) mass is 275 g/mol. The molecule has 1 saturated heterocycles. The SMILES string of the molecule is Cl.O=C(Nc1cccc(Cl)c1)N1CCNCC1. The van der Waals surface area contributed by atoms with Gasteiger partial charge < -0.3 is 15.5 Å². The van der Waals surface area contributed by atoms with Crippen molar-refractivity contribution < 1.29 is 4.79 Å². The molecule has 0 spiro atoms. The van der Waals surface area contributed by atoms with Gasteiger partial charge in [0.05, 0.1) is 0 Å². The number of rotatable bonds is 1. The molecule has 1 heterocycles. The molecule has 94 valence electrons. The molecule has 2 N–H and O–H groups in total. The Morgan fingerprint density at radius 3 is 2.71 bits per heavy atom. The lowest BCUT2D eigenvalue weighted by Gasteiger charge is -2.27. The topological polar surface area (TPSA) is 44.4 Å². The average Bonchev–Trinajstić information content (AvgIpc) is 2.30. The quantitative estimate of drug-likeness (QED) is 0.826. The van der Waals surface area contributed by atoms with Gasteiger partial charge in [0.1, 0.15) is 0 Å². The van der Waals surface area contributed by atoms with Gasteiger partial charge in [-0.05, 0) is 18.2 Å². The number of anilines is 1. The zero-order valence-corrected chi connectivity index (χ0v) is 10.9. The van der Waals surface area contributed by atoms with Crippen molar-refractivity contribution in [1.82, 2.24) is 10.2 Å². The molecular weight excluding hydrogens is 261 g/mol. The number of benzene rings is 1. The smallest absolute Gasteiger partial charge is 0.321 e. The number of urea groups is 1. The van der Waals surface area contributed by atoms with E-state index in [0.29, 0.717) is 5.02 Å². The van der Waals surface area contributed by atoms with Gasteiger partial charge in [-0.2, -0.15) is 0 Å². The predicted octanol–water partition coefficient (Wildman–Crippen LogP) is 2.20. The molecule has 2 amide bonds. The molecule has 0 bridgehead atoms. The van der Waals surface area contributed by atoms with E-state index < -0.39 is 0 Å². The Hall–Kier alpha value is -0.970. The summed E-state index contributed by atoms with van der Waals surface area (Å²) in [5.74, 6) is 0. The molecule has 1 aromatic carbocycles. The van der Waals surface area contributed by atoms with Gasteiger partial charge in [-0.1, -0.05) is 17.7 Å². The summed E-state index contributed by atoms with van der Waals surface area (Å²) in [6, 6.07) is 7.09. The summed E-state index contributed by atoms with van der Waals surface area (Å²) in [7, 11) is 0. The van der Waals surface area contributed by atoms with Gasteiger partial charge in [0, 0.05) is 36.9 Å². The number of piperazine rings is 1. The molecule has 0 unspecified atom stereocenters. The van der Waals surface area contributed by atoms with E-state index in [1.54, 1.807) is 17.0 Å². The number of carbonyl (C=O) groups excluding carboxylic acids is 1. The van der Waals surface area contributed by atoms with E-state index in [2.05, 4.69) is 10.6 Å². The maximum absolute atomic E-state index is 11.8. The molecule has 1 aliphatic heterocycles. The number of hydrogen-bond acceptors (Lipinski definition) is 2. The van der Waals surface area contributed by atoms with Crippen LogP contribution in [0.2, 0.25) is 5.02 Å². The fraction of sp³-hybridized carbons (Fsp3) is 0.364. The van der Waals surface area contributed by atoms with Crippen molar-refractivity contribution >= 4 is 35.7 Å². The van der Waals surface area contributed by atoms with Crippen molar-refractivity contribution in [1.29, 1.82) is 0 Å². The lowest BCUT2D eigenvalue weighted by atomic mass is 10.3. The highest BCUT2D eigenvalue weighted by Gasteiger charge is 2.15. The Morgan fingerprint density at radius 2 is 2.06 bits per heavy atom. The summed E-state index contributed by atoms with van der Waals surface area (Å²) in [6.07, 6.45) is 0. The zero-order chi connectivity index (χ0) is 11.4. The fourth-order valence-corrected chi connectivity index (χ4v) is 1.83. The van der Waals surface area contributed by atoms with Crippen LogP contribution in [0.5, 0.6) is 0 Å². The minimum atomic E-state index is -0.0660. The van der Waals surface area contributed by atoms with Gasteiger partial charge in [0.25, 0.3) is 0 Å². The van der Waals surface area contributed by atoms with Crippen LogP contribution in [0.3, 0.4) is 0 Å². The lowest BCUT2D eigenvalue weighted by molar-refractivity contribution is 0.204. The summed E-state index contributed by atoms with van der Waals surface area (Å²) >= 11 is 5.84. The number of hydrogen-bond donors (Lipinski definition) is 2. The van der Waals surface area contributed by atoms with E-state index in [1.165, 1.54) is 0 Å². The van der Waals surface area contributed by atoms with Crippen LogP contribution in [0.1, 0.15) is 0 Å². The second-order valence-corrected chi connectivity index (χ2v) is 4.11. The lowest BCUT2D eigenvalue weighted by Crippen LogP contribution is -2.48. The van der Waals surface area contributed by atoms with Crippen LogP contribution < -0.4 is 10.6 Å². The Bertz CT molecular complexity index is 381. The van der Waals surface area contributed by atoms with E-state index in [-0.39, 0.29) is 18.4 Å². The van der Waals surface area contributed by atoms with E-state index >= 15 is 0 Å².